The molecule has 0 radical (unpaired) electrons. The maximum Gasteiger partial charge on any atom is 0.129 e. The van der Waals surface area contributed by atoms with E-state index < -0.39 is 0 Å². The average Bonchev–Trinajstić information content (AvgIpc) is 2.27. The van der Waals surface area contributed by atoms with E-state index in [9.17, 15) is 0 Å². The molecule has 0 aliphatic rings. The second-order valence-electron chi connectivity index (χ2n) is 4.42. The number of nitrogens with one attached hydrogen (secondary N) is 1. The highest BCUT2D eigenvalue weighted by atomic mass is 16.3. The highest BCUT2D eigenvalue weighted by molar-refractivity contribution is 5.34. The predicted octanol–water partition coefficient (Wildman–Crippen LogP) is 1.47. The Labute approximate surface area is 90.8 Å². The lowest BCUT2D eigenvalue weighted by molar-refractivity contribution is 0.170. The fraction of sp³-hybridized carbons (Fsp3) is 0.636. The number of aryl methyl sites for hydroxylation is 1. The standard InChI is InChI=1S/C11H19N3O/c1-4-9-5-10(14-8-13-9)12-6-11(2,3)7-15/h5,8,15H,4,6-7H2,1-3H3,(H,12,13,14). The van der Waals surface area contributed by atoms with Crippen molar-refractivity contribution in [3.05, 3.63) is 18.1 Å². The summed E-state index contributed by atoms with van der Waals surface area (Å²) in [6.07, 6.45) is 2.47. The van der Waals surface area contributed by atoms with Crippen molar-refractivity contribution in [3.8, 4) is 0 Å². The summed E-state index contributed by atoms with van der Waals surface area (Å²) in [7, 11) is 0. The van der Waals surface area contributed by atoms with Crippen molar-refractivity contribution < 1.29 is 5.11 Å². The van der Waals surface area contributed by atoms with Gasteiger partial charge in [-0.15, -0.1) is 0 Å². The quantitative estimate of drug-likeness (QED) is 0.771. The Morgan fingerprint density at radius 3 is 2.73 bits per heavy atom. The van der Waals surface area contributed by atoms with E-state index in [0.29, 0.717) is 6.54 Å². The van der Waals surface area contributed by atoms with E-state index in [0.717, 1.165) is 17.9 Å². The number of hydrogen-bond donors (Lipinski definition) is 2. The van der Waals surface area contributed by atoms with Gasteiger partial charge in [0.05, 0.1) is 0 Å². The monoisotopic (exact) mass is 209 g/mol. The SMILES string of the molecule is CCc1cc(NCC(C)(C)CO)ncn1. The third-order valence-electron chi connectivity index (χ3n) is 2.26. The van der Waals surface area contributed by atoms with Gasteiger partial charge in [0, 0.05) is 30.3 Å². The van der Waals surface area contributed by atoms with Crippen LogP contribution in [0.3, 0.4) is 0 Å². The average molecular weight is 209 g/mol. The molecule has 1 rings (SSSR count). The van der Waals surface area contributed by atoms with Crippen molar-refractivity contribution in [2.24, 2.45) is 5.41 Å². The zero-order valence-corrected chi connectivity index (χ0v) is 9.62. The summed E-state index contributed by atoms with van der Waals surface area (Å²) >= 11 is 0. The molecule has 0 spiro atoms. The molecule has 0 atom stereocenters. The Bertz CT molecular complexity index is 312. The molecule has 0 bridgehead atoms. The second-order valence-corrected chi connectivity index (χ2v) is 4.42. The number of aromatic nitrogens is 2. The lowest BCUT2D eigenvalue weighted by Gasteiger charge is -2.22. The topological polar surface area (TPSA) is 58.0 Å². The molecule has 0 saturated carbocycles. The third kappa shape index (κ3) is 3.83. The minimum absolute atomic E-state index is 0.128. The van der Waals surface area contributed by atoms with Gasteiger partial charge in [-0.25, -0.2) is 9.97 Å². The van der Waals surface area contributed by atoms with Gasteiger partial charge < -0.3 is 10.4 Å². The molecule has 1 aromatic rings. The molecule has 0 aromatic carbocycles. The molecule has 84 valence electrons. The van der Waals surface area contributed by atoms with Gasteiger partial charge in [-0.05, 0) is 6.42 Å². The van der Waals surface area contributed by atoms with Crippen molar-refractivity contribution in [3.63, 3.8) is 0 Å². The lowest BCUT2D eigenvalue weighted by Crippen LogP contribution is -2.27. The molecule has 0 amide bonds. The second kappa shape index (κ2) is 5.07. The normalized spacial score (nSPS) is 11.5. The Kier molecular flexibility index (Phi) is 4.03. The van der Waals surface area contributed by atoms with Gasteiger partial charge in [0.25, 0.3) is 0 Å². The highest BCUT2D eigenvalue weighted by Crippen LogP contribution is 2.14. The zero-order chi connectivity index (χ0) is 11.3. The molecule has 0 aliphatic heterocycles. The van der Waals surface area contributed by atoms with E-state index in [1.54, 1.807) is 6.33 Å². The minimum atomic E-state index is -0.128. The summed E-state index contributed by atoms with van der Waals surface area (Å²) < 4.78 is 0. The Balaban J connectivity index is 2.57. The van der Waals surface area contributed by atoms with E-state index in [1.165, 1.54) is 0 Å². The fourth-order valence-electron chi connectivity index (χ4n) is 1.07. The van der Waals surface area contributed by atoms with Crippen LogP contribution in [0.5, 0.6) is 0 Å². The lowest BCUT2D eigenvalue weighted by atomic mass is 9.95. The molecule has 0 unspecified atom stereocenters. The first kappa shape index (κ1) is 11.9. The summed E-state index contributed by atoms with van der Waals surface area (Å²) in [6, 6.07) is 1.94. The van der Waals surface area contributed by atoms with Crippen LogP contribution in [0.2, 0.25) is 0 Å². The molecule has 2 N–H and O–H groups in total. The van der Waals surface area contributed by atoms with Crippen LogP contribution < -0.4 is 5.32 Å². The fourth-order valence-corrected chi connectivity index (χ4v) is 1.07. The molecular weight excluding hydrogens is 190 g/mol. The van der Waals surface area contributed by atoms with Crippen LogP contribution in [0.4, 0.5) is 5.82 Å². The number of anilines is 1. The van der Waals surface area contributed by atoms with E-state index in [4.69, 9.17) is 5.11 Å². The summed E-state index contributed by atoms with van der Waals surface area (Å²) in [6.45, 7) is 6.92. The minimum Gasteiger partial charge on any atom is -0.396 e. The van der Waals surface area contributed by atoms with Crippen molar-refractivity contribution in [2.75, 3.05) is 18.5 Å². The van der Waals surface area contributed by atoms with Crippen molar-refractivity contribution in [1.82, 2.24) is 9.97 Å². The first-order valence-corrected chi connectivity index (χ1v) is 5.23. The largest absolute Gasteiger partial charge is 0.396 e. The number of hydrogen-bond acceptors (Lipinski definition) is 4. The van der Waals surface area contributed by atoms with E-state index >= 15 is 0 Å². The van der Waals surface area contributed by atoms with Crippen molar-refractivity contribution in [1.29, 1.82) is 0 Å². The summed E-state index contributed by atoms with van der Waals surface area (Å²) in [4.78, 5) is 8.24. The maximum atomic E-state index is 9.10. The van der Waals surface area contributed by atoms with Crippen LogP contribution in [-0.2, 0) is 6.42 Å². The summed E-state index contributed by atoms with van der Waals surface area (Å²) in [5.74, 6) is 0.823. The molecule has 1 aromatic heterocycles. The Morgan fingerprint density at radius 1 is 1.40 bits per heavy atom. The molecule has 0 fully saturated rings. The van der Waals surface area contributed by atoms with Crippen LogP contribution in [0.15, 0.2) is 12.4 Å². The molecule has 15 heavy (non-hydrogen) atoms. The van der Waals surface area contributed by atoms with Gasteiger partial charge in [0.15, 0.2) is 0 Å². The number of nitrogens with zero attached hydrogens (tertiary/aromatic N) is 2. The number of rotatable bonds is 5. The van der Waals surface area contributed by atoms with Gasteiger partial charge in [0.1, 0.15) is 12.1 Å². The Hall–Kier alpha value is -1.16. The van der Waals surface area contributed by atoms with Crippen molar-refractivity contribution in [2.45, 2.75) is 27.2 Å². The molecular formula is C11H19N3O. The molecule has 0 saturated heterocycles. The van der Waals surface area contributed by atoms with E-state index in [2.05, 4.69) is 22.2 Å². The van der Waals surface area contributed by atoms with E-state index in [1.807, 2.05) is 19.9 Å². The first-order valence-electron chi connectivity index (χ1n) is 5.23. The van der Waals surface area contributed by atoms with Crippen LogP contribution in [0, 0.1) is 5.41 Å². The van der Waals surface area contributed by atoms with Crippen LogP contribution >= 0.6 is 0 Å². The number of aliphatic hydroxyl groups excluding tert-OH is 1. The maximum absolute atomic E-state index is 9.10. The third-order valence-corrected chi connectivity index (χ3v) is 2.26. The van der Waals surface area contributed by atoms with Crippen LogP contribution in [0.1, 0.15) is 26.5 Å². The first-order chi connectivity index (χ1) is 7.07. The van der Waals surface area contributed by atoms with Gasteiger partial charge >= 0.3 is 0 Å². The summed E-state index contributed by atoms with van der Waals surface area (Å²) in [5, 5.41) is 12.3. The highest BCUT2D eigenvalue weighted by Gasteiger charge is 2.15. The summed E-state index contributed by atoms with van der Waals surface area (Å²) in [5.41, 5.74) is 0.895. The van der Waals surface area contributed by atoms with Gasteiger partial charge in [-0.3, -0.25) is 0 Å². The number of aliphatic hydroxyl groups is 1. The van der Waals surface area contributed by atoms with Gasteiger partial charge in [0.2, 0.25) is 0 Å². The molecule has 0 aliphatic carbocycles. The Morgan fingerprint density at radius 2 is 2.13 bits per heavy atom. The van der Waals surface area contributed by atoms with Gasteiger partial charge in [-0.2, -0.15) is 0 Å². The van der Waals surface area contributed by atoms with E-state index in [-0.39, 0.29) is 12.0 Å². The van der Waals surface area contributed by atoms with Crippen LogP contribution in [0.25, 0.3) is 0 Å². The smallest absolute Gasteiger partial charge is 0.129 e. The molecule has 1 heterocycles. The molecule has 4 nitrogen and oxygen atoms in total. The van der Waals surface area contributed by atoms with Crippen LogP contribution in [-0.4, -0.2) is 28.2 Å². The van der Waals surface area contributed by atoms with Gasteiger partial charge in [-0.1, -0.05) is 20.8 Å². The van der Waals surface area contributed by atoms with Crippen molar-refractivity contribution >= 4 is 5.82 Å². The predicted molar refractivity (Wildman–Crippen MR) is 60.8 cm³/mol. The zero-order valence-electron chi connectivity index (χ0n) is 9.62. The molecule has 4 heteroatoms.